The van der Waals surface area contributed by atoms with Gasteiger partial charge in [0.1, 0.15) is 5.75 Å². The molecule has 0 atom stereocenters. The van der Waals surface area contributed by atoms with Crippen LogP contribution in [-0.2, 0) is 0 Å². The Hall–Kier alpha value is -0.780. The van der Waals surface area contributed by atoms with Gasteiger partial charge in [-0.25, -0.2) is 0 Å². The van der Waals surface area contributed by atoms with E-state index in [1.807, 2.05) is 19.1 Å². The molecule has 0 unspecified atom stereocenters. The fourth-order valence-electron chi connectivity index (χ4n) is 1.24. The van der Waals surface area contributed by atoms with Crippen LogP contribution in [0.25, 0.3) is 0 Å². The van der Waals surface area contributed by atoms with E-state index in [4.69, 9.17) is 4.74 Å². The van der Waals surface area contributed by atoms with Crippen molar-refractivity contribution in [1.29, 1.82) is 0 Å². The first kappa shape index (κ1) is 13.3. The Morgan fingerprint density at radius 2 is 2.06 bits per heavy atom. The number of alkyl halides is 1. The SMILES string of the molecule is CCOc1ccc(C(=O)NCCCI)cc1. The third-order valence-corrected chi connectivity index (χ3v) is 2.79. The molecule has 1 aromatic rings. The molecule has 0 radical (unpaired) electrons. The molecule has 0 aromatic heterocycles. The molecule has 0 fully saturated rings. The number of benzene rings is 1. The normalized spacial score (nSPS) is 9.88. The zero-order valence-corrected chi connectivity index (χ0v) is 11.5. The Balaban J connectivity index is 2.49. The zero-order chi connectivity index (χ0) is 11.8. The Morgan fingerprint density at radius 1 is 1.38 bits per heavy atom. The van der Waals surface area contributed by atoms with Gasteiger partial charge in [-0.1, -0.05) is 22.6 Å². The summed E-state index contributed by atoms with van der Waals surface area (Å²) in [5.41, 5.74) is 0.678. The summed E-state index contributed by atoms with van der Waals surface area (Å²) in [6.07, 6.45) is 1.00. The van der Waals surface area contributed by atoms with Gasteiger partial charge in [-0.05, 0) is 37.6 Å². The lowest BCUT2D eigenvalue weighted by molar-refractivity contribution is 0.0954. The molecule has 0 aliphatic heterocycles. The van der Waals surface area contributed by atoms with Crippen molar-refractivity contribution in [3.8, 4) is 5.75 Å². The molecule has 0 heterocycles. The van der Waals surface area contributed by atoms with Crippen LogP contribution in [0.5, 0.6) is 5.75 Å². The van der Waals surface area contributed by atoms with E-state index >= 15 is 0 Å². The molecule has 1 amide bonds. The monoisotopic (exact) mass is 333 g/mol. The molecule has 0 spiro atoms. The number of ether oxygens (including phenoxy) is 1. The zero-order valence-electron chi connectivity index (χ0n) is 9.33. The smallest absolute Gasteiger partial charge is 0.251 e. The van der Waals surface area contributed by atoms with Crippen molar-refractivity contribution >= 4 is 28.5 Å². The van der Waals surface area contributed by atoms with Gasteiger partial charge in [-0.15, -0.1) is 0 Å². The predicted molar refractivity (Wildman–Crippen MR) is 73.4 cm³/mol. The van der Waals surface area contributed by atoms with Gasteiger partial charge < -0.3 is 10.1 Å². The Bertz CT molecular complexity index is 324. The quantitative estimate of drug-likeness (QED) is 0.494. The first-order chi connectivity index (χ1) is 7.77. The molecule has 1 aromatic carbocycles. The third-order valence-electron chi connectivity index (χ3n) is 2.02. The predicted octanol–water partition coefficient (Wildman–Crippen LogP) is 2.64. The highest BCUT2D eigenvalue weighted by molar-refractivity contribution is 14.1. The third kappa shape index (κ3) is 4.38. The maximum absolute atomic E-state index is 11.6. The maximum atomic E-state index is 11.6. The molecule has 1 N–H and O–H groups in total. The molecule has 3 nitrogen and oxygen atoms in total. The van der Waals surface area contributed by atoms with Crippen LogP contribution in [0.1, 0.15) is 23.7 Å². The molecule has 0 aliphatic carbocycles. The van der Waals surface area contributed by atoms with Crippen molar-refractivity contribution in [2.75, 3.05) is 17.6 Å². The number of carbonyl (C=O) groups excluding carboxylic acids is 1. The van der Waals surface area contributed by atoms with Gasteiger partial charge in [-0.3, -0.25) is 4.79 Å². The average Bonchev–Trinajstić information content (AvgIpc) is 2.30. The number of halogens is 1. The maximum Gasteiger partial charge on any atom is 0.251 e. The van der Waals surface area contributed by atoms with Crippen molar-refractivity contribution in [2.45, 2.75) is 13.3 Å². The van der Waals surface area contributed by atoms with E-state index in [1.54, 1.807) is 12.1 Å². The van der Waals surface area contributed by atoms with E-state index in [2.05, 4.69) is 27.9 Å². The van der Waals surface area contributed by atoms with Gasteiger partial charge in [0.15, 0.2) is 0 Å². The number of hydrogen-bond acceptors (Lipinski definition) is 2. The van der Waals surface area contributed by atoms with Gasteiger partial charge >= 0.3 is 0 Å². The lowest BCUT2D eigenvalue weighted by Crippen LogP contribution is -2.24. The van der Waals surface area contributed by atoms with Gasteiger partial charge in [-0.2, -0.15) is 0 Å². The number of nitrogens with one attached hydrogen (secondary N) is 1. The summed E-state index contributed by atoms with van der Waals surface area (Å²) in [7, 11) is 0. The van der Waals surface area contributed by atoms with Crippen molar-refractivity contribution in [3.63, 3.8) is 0 Å². The van der Waals surface area contributed by atoms with Crippen LogP contribution >= 0.6 is 22.6 Å². The minimum Gasteiger partial charge on any atom is -0.494 e. The molecular weight excluding hydrogens is 317 g/mol. The summed E-state index contributed by atoms with van der Waals surface area (Å²) in [5.74, 6) is 0.777. The molecule has 0 bridgehead atoms. The van der Waals surface area contributed by atoms with E-state index < -0.39 is 0 Å². The average molecular weight is 333 g/mol. The molecular formula is C12H16INO2. The van der Waals surface area contributed by atoms with Crippen molar-refractivity contribution in [1.82, 2.24) is 5.32 Å². The largest absolute Gasteiger partial charge is 0.494 e. The topological polar surface area (TPSA) is 38.3 Å². The summed E-state index contributed by atoms with van der Waals surface area (Å²) in [5, 5.41) is 2.87. The van der Waals surface area contributed by atoms with Gasteiger partial charge in [0, 0.05) is 16.5 Å². The number of rotatable bonds is 6. The van der Waals surface area contributed by atoms with E-state index in [1.165, 1.54) is 0 Å². The van der Waals surface area contributed by atoms with Crippen LogP contribution in [0.2, 0.25) is 0 Å². The molecule has 1 rings (SSSR count). The molecule has 0 saturated heterocycles. The Labute approximate surface area is 110 Å². The summed E-state index contributed by atoms with van der Waals surface area (Å²) < 4.78 is 6.36. The summed E-state index contributed by atoms with van der Waals surface area (Å²) in [6, 6.07) is 7.20. The number of amides is 1. The fourth-order valence-corrected chi connectivity index (χ4v) is 1.62. The number of carbonyl (C=O) groups is 1. The van der Waals surface area contributed by atoms with Crippen molar-refractivity contribution < 1.29 is 9.53 Å². The fraction of sp³-hybridized carbons (Fsp3) is 0.417. The van der Waals surface area contributed by atoms with Crippen molar-refractivity contribution in [3.05, 3.63) is 29.8 Å². The van der Waals surface area contributed by atoms with Gasteiger partial charge in [0.25, 0.3) is 5.91 Å². The summed E-state index contributed by atoms with van der Waals surface area (Å²) in [4.78, 5) is 11.6. The van der Waals surface area contributed by atoms with E-state index in [-0.39, 0.29) is 5.91 Å². The Kier molecular flexibility index (Phi) is 6.22. The van der Waals surface area contributed by atoms with Crippen LogP contribution in [0.3, 0.4) is 0 Å². The summed E-state index contributed by atoms with van der Waals surface area (Å²) in [6.45, 7) is 3.31. The molecule has 0 saturated carbocycles. The highest BCUT2D eigenvalue weighted by Crippen LogP contribution is 2.11. The number of hydrogen-bond donors (Lipinski definition) is 1. The van der Waals surface area contributed by atoms with Gasteiger partial charge in [0.2, 0.25) is 0 Å². The van der Waals surface area contributed by atoms with E-state index in [0.29, 0.717) is 12.2 Å². The van der Waals surface area contributed by atoms with Crippen LogP contribution < -0.4 is 10.1 Å². The highest BCUT2D eigenvalue weighted by Gasteiger charge is 2.04. The standard InChI is InChI=1S/C12H16INO2/c1-2-16-11-6-4-10(5-7-11)12(15)14-9-3-8-13/h4-7H,2-3,8-9H2,1H3,(H,14,15). The van der Waals surface area contributed by atoms with E-state index in [9.17, 15) is 4.79 Å². The Morgan fingerprint density at radius 3 is 2.62 bits per heavy atom. The van der Waals surface area contributed by atoms with E-state index in [0.717, 1.165) is 23.1 Å². The molecule has 0 aliphatic rings. The highest BCUT2D eigenvalue weighted by atomic mass is 127. The van der Waals surface area contributed by atoms with Crippen LogP contribution in [-0.4, -0.2) is 23.5 Å². The first-order valence-electron chi connectivity index (χ1n) is 5.35. The van der Waals surface area contributed by atoms with Gasteiger partial charge in [0.05, 0.1) is 6.61 Å². The van der Waals surface area contributed by atoms with Crippen LogP contribution in [0, 0.1) is 0 Å². The first-order valence-corrected chi connectivity index (χ1v) is 6.87. The molecule has 4 heteroatoms. The lowest BCUT2D eigenvalue weighted by Gasteiger charge is -2.05. The second-order valence-corrected chi connectivity index (χ2v) is 4.33. The second-order valence-electron chi connectivity index (χ2n) is 3.26. The van der Waals surface area contributed by atoms with Crippen LogP contribution in [0.15, 0.2) is 24.3 Å². The molecule has 16 heavy (non-hydrogen) atoms. The lowest BCUT2D eigenvalue weighted by atomic mass is 10.2. The second kappa shape index (κ2) is 7.49. The minimum atomic E-state index is -0.0205. The molecule has 88 valence electrons. The van der Waals surface area contributed by atoms with Crippen LogP contribution in [0.4, 0.5) is 0 Å². The minimum absolute atomic E-state index is 0.0205. The summed E-state index contributed by atoms with van der Waals surface area (Å²) >= 11 is 2.29. The van der Waals surface area contributed by atoms with Crippen molar-refractivity contribution in [2.24, 2.45) is 0 Å².